The second kappa shape index (κ2) is 9.42. The predicted octanol–water partition coefficient (Wildman–Crippen LogP) is 1.98. The van der Waals surface area contributed by atoms with Gasteiger partial charge in [-0.05, 0) is 36.4 Å². The molecule has 2 amide bonds. The van der Waals surface area contributed by atoms with Gasteiger partial charge in [0.05, 0.1) is 0 Å². The Morgan fingerprint density at radius 2 is 1.55 bits per heavy atom. The summed E-state index contributed by atoms with van der Waals surface area (Å²) in [4.78, 5) is 28.0. The van der Waals surface area contributed by atoms with Crippen LogP contribution in [-0.2, 0) is 9.59 Å². The van der Waals surface area contributed by atoms with Crippen molar-refractivity contribution in [1.82, 2.24) is 10.2 Å². The van der Waals surface area contributed by atoms with Gasteiger partial charge in [0, 0.05) is 56.7 Å². The molecule has 1 aliphatic heterocycles. The smallest absolute Gasteiger partial charge is 0.313 e. The fraction of sp³-hybridized carbons (Fsp3) is 0.300. The normalized spacial score (nSPS) is 14.5. The Labute approximate surface area is 166 Å². The minimum Gasteiger partial charge on any atom is -0.369 e. The van der Waals surface area contributed by atoms with E-state index in [1.54, 1.807) is 12.1 Å². The van der Waals surface area contributed by atoms with Crippen LogP contribution in [0.15, 0.2) is 42.5 Å². The number of hydrogen-bond donors (Lipinski definition) is 2. The second-order valence-electron chi connectivity index (χ2n) is 6.64. The van der Waals surface area contributed by atoms with E-state index in [0.717, 1.165) is 44.0 Å². The Bertz CT molecular complexity index is 869. The standard InChI is InChI=1S/C20H21F3N4O2/c21-14-1-4-16(5-2-14)27-11-9-26(10-12-27)8-7-24-19(28)20(29)25-15-3-6-17(22)18(23)13-15/h1-6,13H,7-12H2,(H,24,28)(H,25,29). The summed E-state index contributed by atoms with van der Waals surface area (Å²) < 4.78 is 39.0. The molecular formula is C20H21F3N4O2. The van der Waals surface area contributed by atoms with Crippen molar-refractivity contribution in [1.29, 1.82) is 0 Å². The van der Waals surface area contributed by atoms with Crippen LogP contribution in [0, 0.1) is 17.5 Å². The van der Waals surface area contributed by atoms with Gasteiger partial charge in [0.25, 0.3) is 0 Å². The molecular weight excluding hydrogens is 385 g/mol. The molecule has 1 saturated heterocycles. The molecule has 1 heterocycles. The highest BCUT2D eigenvalue weighted by molar-refractivity contribution is 6.39. The number of carbonyl (C=O) groups excluding carboxylic acids is 2. The summed E-state index contributed by atoms with van der Waals surface area (Å²) in [5.41, 5.74) is 0.967. The van der Waals surface area contributed by atoms with E-state index in [1.807, 2.05) is 0 Å². The van der Waals surface area contributed by atoms with Crippen LogP contribution in [0.3, 0.4) is 0 Å². The van der Waals surface area contributed by atoms with Gasteiger partial charge in [0.2, 0.25) is 0 Å². The van der Waals surface area contributed by atoms with Gasteiger partial charge in [-0.3, -0.25) is 14.5 Å². The first kappa shape index (κ1) is 20.7. The van der Waals surface area contributed by atoms with E-state index in [9.17, 15) is 22.8 Å². The number of anilines is 2. The number of amides is 2. The number of hydrogen-bond acceptors (Lipinski definition) is 4. The minimum atomic E-state index is -1.11. The zero-order valence-electron chi connectivity index (χ0n) is 15.6. The average Bonchev–Trinajstić information content (AvgIpc) is 2.72. The highest BCUT2D eigenvalue weighted by Crippen LogP contribution is 2.16. The first-order valence-corrected chi connectivity index (χ1v) is 9.19. The first-order chi connectivity index (χ1) is 13.9. The molecule has 29 heavy (non-hydrogen) atoms. The lowest BCUT2D eigenvalue weighted by atomic mass is 10.2. The molecule has 0 saturated carbocycles. The molecule has 0 radical (unpaired) electrons. The molecule has 1 aliphatic rings. The van der Waals surface area contributed by atoms with Crippen LogP contribution in [0.1, 0.15) is 0 Å². The summed E-state index contributed by atoms with van der Waals surface area (Å²) in [6.07, 6.45) is 0. The number of nitrogens with one attached hydrogen (secondary N) is 2. The summed E-state index contributed by atoms with van der Waals surface area (Å²) >= 11 is 0. The molecule has 0 aliphatic carbocycles. The maximum absolute atomic E-state index is 13.1. The lowest BCUT2D eigenvalue weighted by Crippen LogP contribution is -2.49. The second-order valence-corrected chi connectivity index (χ2v) is 6.64. The summed E-state index contributed by atoms with van der Waals surface area (Å²) in [5, 5.41) is 4.73. The molecule has 2 N–H and O–H groups in total. The molecule has 2 aromatic carbocycles. The zero-order valence-corrected chi connectivity index (χ0v) is 15.6. The van der Waals surface area contributed by atoms with Crippen molar-refractivity contribution in [2.75, 3.05) is 49.5 Å². The SMILES string of the molecule is O=C(NCCN1CCN(c2ccc(F)cc2)CC1)C(=O)Nc1ccc(F)c(F)c1. The van der Waals surface area contributed by atoms with E-state index in [2.05, 4.69) is 20.4 Å². The van der Waals surface area contributed by atoms with E-state index in [1.165, 1.54) is 18.2 Å². The van der Waals surface area contributed by atoms with Crippen LogP contribution in [0.2, 0.25) is 0 Å². The van der Waals surface area contributed by atoms with Gasteiger partial charge in [0.1, 0.15) is 5.82 Å². The minimum absolute atomic E-state index is 0.000894. The lowest BCUT2D eigenvalue weighted by Gasteiger charge is -2.36. The monoisotopic (exact) mass is 406 g/mol. The maximum atomic E-state index is 13.1. The van der Waals surface area contributed by atoms with Crippen LogP contribution in [0.5, 0.6) is 0 Å². The number of piperazine rings is 1. The number of rotatable bonds is 5. The summed E-state index contributed by atoms with van der Waals surface area (Å²) in [6, 6.07) is 9.21. The van der Waals surface area contributed by atoms with Gasteiger partial charge >= 0.3 is 11.8 Å². The van der Waals surface area contributed by atoms with Crippen molar-refractivity contribution in [2.24, 2.45) is 0 Å². The fourth-order valence-electron chi connectivity index (χ4n) is 3.05. The van der Waals surface area contributed by atoms with E-state index >= 15 is 0 Å². The first-order valence-electron chi connectivity index (χ1n) is 9.19. The number of nitrogens with zero attached hydrogens (tertiary/aromatic N) is 2. The molecule has 2 aromatic rings. The molecule has 0 spiro atoms. The summed E-state index contributed by atoms with van der Waals surface area (Å²) in [5.74, 6) is -4.21. The van der Waals surface area contributed by atoms with Crippen LogP contribution in [-0.4, -0.2) is 56.0 Å². The number of benzene rings is 2. The van der Waals surface area contributed by atoms with E-state index in [4.69, 9.17) is 0 Å². The van der Waals surface area contributed by atoms with Gasteiger partial charge in [-0.15, -0.1) is 0 Å². The van der Waals surface area contributed by atoms with Gasteiger partial charge in [0.15, 0.2) is 11.6 Å². The maximum Gasteiger partial charge on any atom is 0.313 e. The molecule has 0 aromatic heterocycles. The lowest BCUT2D eigenvalue weighted by molar-refractivity contribution is -0.136. The summed E-state index contributed by atoms with van der Waals surface area (Å²) in [6.45, 7) is 3.94. The third-order valence-corrected chi connectivity index (χ3v) is 4.66. The van der Waals surface area contributed by atoms with E-state index in [0.29, 0.717) is 6.54 Å². The van der Waals surface area contributed by atoms with Crippen molar-refractivity contribution in [3.63, 3.8) is 0 Å². The fourth-order valence-corrected chi connectivity index (χ4v) is 3.05. The highest BCUT2D eigenvalue weighted by Gasteiger charge is 2.18. The highest BCUT2D eigenvalue weighted by atomic mass is 19.2. The van der Waals surface area contributed by atoms with Gasteiger partial charge in [-0.25, -0.2) is 13.2 Å². The Morgan fingerprint density at radius 1 is 0.862 bits per heavy atom. The molecule has 154 valence electrons. The Kier molecular flexibility index (Phi) is 6.71. The third kappa shape index (κ3) is 5.71. The predicted molar refractivity (Wildman–Crippen MR) is 103 cm³/mol. The van der Waals surface area contributed by atoms with Crippen LogP contribution < -0.4 is 15.5 Å². The van der Waals surface area contributed by atoms with Crippen molar-refractivity contribution in [3.05, 3.63) is 59.9 Å². The van der Waals surface area contributed by atoms with Crippen LogP contribution >= 0.6 is 0 Å². The largest absolute Gasteiger partial charge is 0.369 e. The van der Waals surface area contributed by atoms with Crippen molar-refractivity contribution in [3.8, 4) is 0 Å². The zero-order chi connectivity index (χ0) is 20.8. The molecule has 6 nitrogen and oxygen atoms in total. The van der Waals surface area contributed by atoms with Crippen molar-refractivity contribution in [2.45, 2.75) is 0 Å². The van der Waals surface area contributed by atoms with Gasteiger partial charge in [-0.1, -0.05) is 0 Å². The quantitative estimate of drug-likeness (QED) is 0.746. The molecule has 0 atom stereocenters. The van der Waals surface area contributed by atoms with Gasteiger partial charge < -0.3 is 15.5 Å². The average molecular weight is 406 g/mol. The topological polar surface area (TPSA) is 64.7 Å². The van der Waals surface area contributed by atoms with Crippen LogP contribution in [0.25, 0.3) is 0 Å². The van der Waals surface area contributed by atoms with Crippen LogP contribution in [0.4, 0.5) is 24.5 Å². The Balaban J connectivity index is 1.37. The number of carbonyl (C=O) groups is 2. The van der Waals surface area contributed by atoms with E-state index < -0.39 is 23.4 Å². The molecule has 0 unspecified atom stereocenters. The number of halogens is 3. The molecule has 0 bridgehead atoms. The van der Waals surface area contributed by atoms with Gasteiger partial charge in [-0.2, -0.15) is 0 Å². The van der Waals surface area contributed by atoms with Crippen molar-refractivity contribution >= 4 is 23.2 Å². The summed E-state index contributed by atoms with van der Waals surface area (Å²) in [7, 11) is 0. The molecule has 1 fully saturated rings. The molecule has 9 heteroatoms. The van der Waals surface area contributed by atoms with Crippen molar-refractivity contribution < 1.29 is 22.8 Å². The molecule has 3 rings (SSSR count). The Hall–Kier alpha value is -3.07. The van der Waals surface area contributed by atoms with E-state index in [-0.39, 0.29) is 18.0 Å². The third-order valence-electron chi connectivity index (χ3n) is 4.66. The Morgan fingerprint density at radius 3 is 2.21 bits per heavy atom.